The average Bonchev–Trinajstić information content (AvgIpc) is 2.37. The molecular formula is C15H36ClNO3. The van der Waals surface area contributed by atoms with Gasteiger partial charge in [0.15, 0.2) is 0 Å². The predicted molar refractivity (Wildman–Crippen MR) is 89.8 cm³/mol. The van der Waals surface area contributed by atoms with E-state index in [-0.39, 0.29) is 24.0 Å². The Labute approximate surface area is 131 Å². The zero-order chi connectivity index (χ0) is 14.1. The molecule has 0 unspecified atom stereocenters. The van der Waals surface area contributed by atoms with Gasteiger partial charge in [0.2, 0.25) is 0 Å². The van der Waals surface area contributed by atoms with Gasteiger partial charge in [0.25, 0.3) is 0 Å². The highest BCUT2D eigenvalue weighted by Crippen LogP contribution is 2.03. The number of carbonyl (C=O) groups is 1. The van der Waals surface area contributed by atoms with E-state index in [2.05, 4.69) is 37.7 Å². The number of unbranched alkanes of at least 4 members (excludes halogenated alkanes) is 5. The molecular weight excluding hydrogens is 278 g/mol. The first-order chi connectivity index (χ1) is 8.72. The van der Waals surface area contributed by atoms with E-state index in [1.165, 1.54) is 44.9 Å². The van der Waals surface area contributed by atoms with Gasteiger partial charge in [-0.3, -0.25) is 0 Å². The van der Waals surface area contributed by atoms with Gasteiger partial charge in [-0.15, -0.1) is 12.4 Å². The van der Waals surface area contributed by atoms with Gasteiger partial charge in [0.1, 0.15) is 0 Å². The topological polar surface area (TPSA) is 69.8 Å². The number of halogens is 1. The second-order valence-corrected chi connectivity index (χ2v) is 4.54. The van der Waals surface area contributed by atoms with Gasteiger partial charge in [-0.25, -0.2) is 4.79 Å². The highest BCUT2D eigenvalue weighted by Gasteiger charge is 2.04. The Kier molecular flexibility index (Phi) is 37.5. The van der Waals surface area contributed by atoms with Crippen molar-refractivity contribution in [1.82, 2.24) is 5.32 Å². The van der Waals surface area contributed by atoms with Crippen molar-refractivity contribution in [2.75, 3.05) is 13.2 Å². The molecule has 0 aromatic rings. The lowest BCUT2D eigenvalue weighted by Gasteiger charge is -2.10. The standard InChI is InChI=1S/C8H18.C4H7NO2.C3H8.ClH.H2O/c1-3-5-7-8-6-4-2;6-4-5-2-1-3-7-4;1-3-2;;/h3-8H2,1-2H3;1-3H2,(H,5,6);3H2,1-2H3;1H;1H2. The molecule has 20 heavy (non-hydrogen) atoms. The lowest BCUT2D eigenvalue weighted by Crippen LogP contribution is -2.31. The summed E-state index contributed by atoms with van der Waals surface area (Å²) in [5.74, 6) is 0. The Hall–Kier alpha value is -0.480. The van der Waals surface area contributed by atoms with Gasteiger partial charge >= 0.3 is 6.09 Å². The molecule has 3 N–H and O–H groups in total. The fourth-order valence-electron chi connectivity index (χ4n) is 1.33. The van der Waals surface area contributed by atoms with E-state index < -0.39 is 0 Å². The molecule has 1 fully saturated rings. The Bertz CT molecular complexity index is 155. The van der Waals surface area contributed by atoms with E-state index >= 15 is 0 Å². The van der Waals surface area contributed by atoms with Crippen LogP contribution in [0.4, 0.5) is 4.79 Å². The molecule has 0 bridgehead atoms. The third-order valence-corrected chi connectivity index (χ3v) is 2.28. The minimum atomic E-state index is -0.286. The molecule has 0 spiro atoms. The van der Waals surface area contributed by atoms with Crippen molar-refractivity contribution in [3.05, 3.63) is 0 Å². The van der Waals surface area contributed by atoms with Crippen LogP contribution in [-0.2, 0) is 4.74 Å². The van der Waals surface area contributed by atoms with Crippen molar-refractivity contribution in [1.29, 1.82) is 0 Å². The van der Waals surface area contributed by atoms with E-state index in [0.29, 0.717) is 6.61 Å². The minimum Gasteiger partial charge on any atom is -0.449 e. The third kappa shape index (κ3) is 30.5. The number of rotatable bonds is 5. The van der Waals surface area contributed by atoms with Crippen molar-refractivity contribution in [3.63, 3.8) is 0 Å². The summed E-state index contributed by atoms with van der Waals surface area (Å²) in [6.07, 6.45) is 10.4. The van der Waals surface area contributed by atoms with Gasteiger partial charge in [-0.1, -0.05) is 72.6 Å². The number of amides is 1. The first kappa shape index (κ1) is 27.8. The maximum absolute atomic E-state index is 10.1. The number of cyclic esters (lactones) is 1. The summed E-state index contributed by atoms with van der Waals surface area (Å²) in [4.78, 5) is 10.1. The van der Waals surface area contributed by atoms with E-state index in [4.69, 9.17) is 0 Å². The largest absolute Gasteiger partial charge is 0.449 e. The Morgan fingerprint density at radius 1 is 1.00 bits per heavy atom. The summed E-state index contributed by atoms with van der Waals surface area (Å²) in [6, 6.07) is 0. The molecule has 0 aliphatic carbocycles. The molecule has 0 aromatic carbocycles. The van der Waals surface area contributed by atoms with E-state index in [9.17, 15) is 4.79 Å². The van der Waals surface area contributed by atoms with Crippen LogP contribution in [0.3, 0.4) is 0 Å². The molecule has 1 aliphatic heterocycles. The lowest BCUT2D eigenvalue weighted by atomic mass is 10.1. The van der Waals surface area contributed by atoms with E-state index in [0.717, 1.165) is 13.0 Å². The highest BCUT2D eigenvalue weighted by atomic mass is 35.5. The van der Waals surface area contributed by atoms with Crippen LogP contribution in [0, 0.1) is 0 Å². The van der Waals surface area contributed by atoms with Crippen LogP contribution in [0.1, 0.15) is 79.1 Å². The zero-order valence-corrected chi connectivity index (χ0v) is 14.6. The Morgan fingerprint density at radius 2 is 1.45 bits per heavy atom. The number of alkyl carbamates (subject to hydrolysis) is 1. The molecule has 1 saturated heterocycles. The van der Waals surface area contributed by atoms with Crippen LogP contribution in [0.2, 0.25) is 0 Å². The van der Waals surface area contributed by atoms with Gasteiger partial charge in [-0.2, -0.15) is 0 Å². The molecule has 126 valence electrons. The fraction of sp³-hybridized carbons (Fsp3) is 0.933. The number of hydrogen-bond acceptors (Lipinski definition) is 2. The van der Waals surface area contributed by atoms with Crippen LogP contribution < -0.4 is 5.32 Å². The van der Waals surface area contributed by atoms with Crippen molar-refractivity contribution >= 4 is 18.5 Å². The smallest absolute Gasteiger partial charge is 0.407 e. The summed E-state index contributed by atoms with van der Waals surface area (Å²) in [5, 5.41) is 2.52. The second kappa shape index (κ2) is 27.0. The van der Waals surface area contributed by atoms with Crippen LogP contribution >= 0.6 is 12.4 Å². The molecule has 4 nitrogen and oxygen atoms in total. The number of hydrogen-bond donors (Lipinski definition) is 1. The number of ether oxygens (including phenoxy) is 1. The van der Waals surface area contributed by atoms with Gasteiger partial charge in [-0.05, 0) is 6.42 Å². The first-order valence-electron chi connectivity index (χ1n) is 7.63. The molecule has 5 heteroatoms. The minimum absolute atomic E-state index is 0. The van der Waals surface area contributed by atoms with Crippen LogP contribution in [0.25, 0.3) is 0 Å². The SMILES string of the molecule is CCC.CCCCCCCC.Cl.O.O=C1NCCCO1. The molecule has 0 radical (unpaired) electrons. The normalized spacial score (nSPS) is 11.9. The maximum Gasteiger partial charge on any atom is 0.407 e. The summed E-state index contributed by atoms with van der Waals surface area (Å²) in [6.45, 7) is 10.1. The second-order valence-electron chi connectivity index (χ2n) is 4.54. The summed E-state index contributed by atoms with van der Waals surface area (Å²) in [5.41, 5.74) is 0. The van der Waals surface area contributed by atoms with Crippen LogP contribution in [0.5, 0.6) is 0 Å². The van der Waals surface area contributed by atoms with Crippen molar-refractivity contribution in [2.45, 2.75) is 79.1 Å². The molecule has 1 aliphatic rings. The van der Waals surface area contributed by atoms with Gasteiger partial charge < -0.3 is 15.5 Å². The maximum atomic E-state index is 10.1. The number of nitrogens with one attached hydrogen (secondary N) is 1. The molecule has 0 saturated carbocycles. The monoisotopic (exact) mass is 313 g/mol. The van der Waals surface area contributed by atoms with Crippen molar-refractivity contribution < 1.29 is 15.0 Å². The molecule has 0 aromatic heterocycles. The van der Waals surface area contributed by atoms with Gasteiger partial charge in [0.05, 0.1) is 6.61 Å². The van der Waals surface area contributed by atoms with Crippen molar-refractivity contribution in [2.24, 2.45) is 0 Å². The fourth-order valence-corrected chi connectivity index (χ4v) is 1.33. The van der Waals surface area contributed by atoms with Crippen LogP contribution in [-0.4, -0.2) is 24.7 Å². The zero-order valence-electron chi connectivity index (χ0n) is 13.8. The Balaban J connectivity index is -0.0000000992. The summed E-state index contributed by atoms with van der Waals surface area (Å²) in [7, 11) is 0. The van der Waals surface area contributed by atoms with E-state index in [1.54, 1.807) is 0 Å². The van der Waals surface area contributed by atoms with Crippen molar-refractivity contribution in [3.8, 4) is 0 Å². The third-order valence-electron chi connectivity index (χ3n) is 2.28. The molecule has 1 heterocycles. The predicted octanol–water partition coefficient (Wildman–Crippen LogP) is 4.50. The molecule has 1 rings (SSSR count). The van der Waals surface area contributed by atoms with E-state index in [1.807, 2.05) is 0 Å². The van der Waals surface area contributed by atoms with Crippen LogP contribution in [0.15, 0.2) is 0 Å². The lowest BCUT2D eigenvalue weighted by molar-refractivity contribution is 0.129. The average molecular weight is 314 g/mol. The summed E-state index contributed by atoms with van der Waals surface area (Å²) < 4.78 is 4.53. The quantitative estimate of drug-likeness (QED) is 0.759. The highest BCUT2D eigenvalue weighted by molar-refractivity contribution is 5.85. The Morgan fingerprint density at radius 3 is 1.65 bits per heavy atom. The molecule has 1 amide bonds. The summed E-state index contributed by atoms with van der Waals surface area (Å²) >= 11 is 0. The first-order valence-corrected chi connectivity index (χ1v) is 7.63. The molecule has 0 atom stereocenters. The van der Waals surface area contributed by atoms with Gasteiger partial charge in [0, 0.05) is 6.54 Å². The number of carbonyl (C=O) groups excluding carboxylic acids is 1.